The lowest BCUT2D eigenvalue weighted by molar-refractivity contribution is -0.402. The van der Waals surface area contributed by atoms with Gasteiger partial charge in [-0.3, -0.25) is 10.1 Å². The Hall–Kier alpha value is -1.89. The first-order valence-electron chi connectivity index (χ1n) is 5.37. The molecule has 2 aromatic heterocycles. The van der Waals surface area contributed by atoms with Crippen molar-refractivity contribution in [3.63, 3.8) is 0 Å². The van der Waals surface area contributed by atoms with Crippen LogP contribution in [0.15, 0.2) is 22.7 Å². The van der Waals surface area contributed by atoms with Gasteiger partial charge in [-0.15, -0.1) is 16.7 Å². The fraction of sp³-hybridized carbons (Fsp3) is 0.400. The maximum Gasteiger partial charge on any atom is 0.433 e. The van der Waals surface area contributed by atoms with E-state index in [1.807, 2.05) is 6.92 Å². The number of nitro groups is 1. The van der Waals surface area contributed by atoms with E-state index in [1.165, 1.54) is 16.8 Å². The molecule has 0 saturated carbocycles. The van der Waals surface area contributed by atoms with Crippen LogP contribution in [-0.4, -0.2) is 19.9 Å². The lowest BCUT2D eigenvalue weighted by atomic mass is 10.3. The Labute approximate surface area is 107 Å². The van der Waals surface area contributed by atoms with Crippen molar-refractivity contribution in [3.05, 3.63) is 39.9 Å². The van der Waals surface area contributed by atoms with E-state index in [2.05, 4.69) is 10.3 Å². The molecule has 0 spiro atoms. The van der Waals surface area contributed by atoms with Crippen LogP contribution in [0.2, 0.25) is 0 Å². The first-order chi connectivity index (χ1) is 8.60. The Morgan fingerprint density at radius 2 is 2.39 bits per heavy atom. The number of alkyl halides is 1. The van der Waals surface area contributed by atoms with Crippen molar-refractivity contribution >= 4 is 17.5 Å². The van der Waals surface area contributed by atoms with Crippen molar-refractivity contribution < 1.29 is 9.34 Å². The summed E-state index contributed by atoms with van der Waals surface area (Å²) < 4.78 is 6.56. The molecule has 2 heterocycles. The summed E-state index contributed by atoms with van der Waals surface area (Å²) in [6.45, 7) is 2.24. The molecular weight excluding hydrogens is 260 g/mol. The van der Waals surface area contributed by atoms with Crippen LogP contribution in [0.4, 0.5) is 5.88 Å². The molecule has 7 nitrogen and oxygen atoms in total. The second kappa shape index (κ2) is 5.18. The van der Waals surface area contributed by atoms with Gasteiger partial charge in [0, 0.05) is 0 Å². The van der Waals surface area contributed by atoms with Crippen LogP contribution in [-0.2, 0) is 6.54 Å². The fourth-order valence-electron chi connectivity index (χ4n) is 1.45. The van der Waals surface area contributed by atoms with Crippen LogP contribution in [0.1, 0.15) is 30.2 Å². The summed E-state index contributed by atoms with van der Waals surface area (Å²) in [6, 6.07) is 2.85. The minimum absolute atomic E-state index is 0.176. The number of furan rings is 1. The third-order valence-corrected chi connectivity index (χ3v) is 2.91. The molecule has 0 aliphatic carbocycles. The topological polar surface area (TPSA) is 87.0 Å². The van der Waals surface area contributed by atoms with Gasteiger partial charge in [-0.2, -0.15) is 0 Å². The van der Waals surface area contributed by atoms with Gasteiger partial charge in [0.25, 0.3) is 0 Å². The molecule has 0 N–H and O–H groups in total. The van der Waals surface area contributed by atoms with E-state index in [0.29, 0.717) is 11.5 Å². The van der Waals surface area contributed by atoms with Gasteiger partial charge in [0.1, 0.15) is 22.9 Å². The Bertz CT molecular complexity index is 551. The van der Waals surface area contributed by atoms with Crippen LogP contribution < -0.4 is 0 Å². The van der Waals surface area contributed by atoms with Crippen molar-refractivity contribution in [1.82, 2.24) is 15.0 Å². The van der Waals surface area contributed by atoms with E-state index < -0.39 is 4.92 Å². The van der Waals surface area contributed by atoms with Crippen LogP contribution >= 0.6 is 11.6 Å². The lowest BCUT2D eigenvalue weighted by Gasteiger charge is -1.98. The van der Waals surface area contributed by atoms with Crippen LogP contribution in [0, 0.1) is 10.1 Å². The minimum Gasteiger partial charge on any atom is -0.404 e. The average molecular weight is 271 g/mol. The van der Waals surface area contributed by atoms with Crippen molar-refractivity contribution in [3.8, 4) is 0 Å². The summed E-state index contributed by atoms with van der Waals surface area (Å²) >= 11 is 6.02. The molecule has 2 aromatic rings. The predicted molar refractivity (Wildman–Crippen MR) is 63.4 cm³/mol. The number of nitrogens with zero attached hydrogens (tertiary/aromatic N) is 4. The first-order valence-corrected chi connectivity index (χ1v) is 5.81. The van der Waals surface area contributed by atoms with Gasteiger partial charge in [0.15, 0.2) is 0 Å². The van der Waals surface area contributed by atoms with Crippen molar-refractivity contribution in [1.29, 1.82) is 0 Å². The maximum atomic E-state index is 10.5. The molecule has 0 aliphatic rings. The molecule has 2 rings (SSSR count). The lowest BCUT2D eigenvalue weighted by Crippen LogP contribution is -1.99. The molecule has 1 unspecified atom stereocenters. The Morgan fingerprint density at radius 1 is 1.61 bits per heavy atom. The summed E-state index contributed by atoms with van der Waals surface area (Å²) in [7, 11) is 0. The zero-order valence-electron chi connectivity index (χ0n) is 9.62. The molecule has 0 saturated heterocycles. The Balaban J connectivity index is 2.08. The maximum absolute atomic E-state index is 10.5. The molecule has 18 heavy (non-hydrogen) atoms. The summed E-state index contributed by atoms with van der Waals surface area (Å²) in [5.41, 5.74) is 0.681. The van der Waals surface area contributed by atoms with E-state index in [9.17, 15) is 10.1 Å². The van der Waals surface area contributed by atoms with E-state index >= 15 is 0 Å². The highest BCUT2D eigenvalue weighted by Crippen LogP contribution is 2.21. The van der Waals surface area contributed by atoms with E-state index in [4.69, 9.17) is 16.0 Å². The van der Waals surface area contributed by atoms with E-state index in [0.717, 1.165) is 6.42 Å². The fourth-order valence-corrected chi connectivity index (χ4v) is 1.55. The summed E-state index contributed by atoms with van der Waals surface area (Å²) in [5, 5.41) is 18.1. The quantitative estimate of drug-likeness (QED) is 0.473. The van der Waals surface area contributed by atoms with Gasteiger partial charge in [0.2, 0.25) is 0 Å². The smallest absolute Gasteiger partial charge is 0.404 e. The summed E-state index contributed by atoms with van der Waals surface area (Å²) in [4.78, 5) is 9.88. The van der Waals surface area contributed by atoms with E-state index in [-0.39, 0.29) is 17.8 Å². The highest BCUT2D eigenvalue weighted by molar-refractivity contribution is 6.20. The standard InChI is InChI=1S/C10H11ClN4O3/c1-2-8(11)9-6-14(13-12-9)5-7-3-4-10(18-7)15(16)17/h3-4,6,8H,2,5H2,1H3. The second-order valence-corrected chi connectivity index (χ2v) is 4.24. The van der Waals surface area contributed by atoms with Crippen molar-refractivity contribution in [2.45, 2.75) is 25.3 Å². The third kappa shape index (κ3) is 2.67. The van der Waals surface area contributed by atoms with Crippen LogP contribution in [0.25, 0.3) is 0 Å². The molecular formula is C10H11ClN4O3. The minimum atomic E-state index is -0.581. The third-order valence-electron chi connectivity index (χ3n) is 2.38. The zero-order chi connectivity index (χ0) is 13.1. The number of hydrogen-bond acceptors (Lipinski definition) is 5. The highest BCUT2D eigenvalue weighted by atomic mass is 35.5. The zero-order valence-corrected chi connectivity index (χ0v) is 10.4. The Morgan fingerprint density at radius 3 is 3.00 bits per heavy atom. The van der Waals surface area contributed by atoms with Crippen LogP contribution in [0.3, 0.4) is 0 Å². The molecule has 96 valence electrons. The molecule has 0 radical (unpaired) electrons. The number of hydrogen-bond donors (Lipinski definition) is 0. The molecule has 0 amide bonds. The second-order valence-electron chi connectivity index (χ2n) is 3.71. The monoisotopic (exact) mass is 270 g/mol. The molecule has 1 atom stereocenters. The number of halogens is 1. The Kier molecular flexibility index (Phi) is 3.61. The first kappa shape index (κ1) is 12.6. The largest absolute Gasteiger partial charge is 0.433 e. The van der Waals surface area contributed by atoms with E-state index in [1.54, 1.807) is 6.20 Å². The van der Waals surface area contributed by atoms with Gasteiger partial charge in [-0.05, 0) is 12.5 Å². The SMILES string of the molecule is CCC(Cl)c1cn(Cc2ccc([N+](=O)[O-])o2)nn1. The van der Waals surface area contributed by atoms with Gasteiger partial charge in [-0.25, -0.2) is 4.68 Å². The van der Waals surface area contributed by atoms with Gasteiger partial charge < -0.3 is 4.42 Å². The summed E-state index contributed by atoms with van der Waals surface area (Å²) in [5.74, 6) is 0.162. The predicted octanol–water partition coefficient (Wildman–Crippen LogP) is 2.52. The summed E-state index contributed by atoms with van der Waals surface area (Å²) in [6.07, 6.45) is 2.46. The average Bonchev–Trinajstić information content (AvgIpc) is 2.98. The van der Waals surface area contributed by atoms with Crippen molar-refractivity contribution in [2.24, 2.45) is 0 Å². The molecule has 0 aliphatic heterocycles. The molecule has 0 aromatic carbocycles. The van der Waals surface area contributed by atoms with Crippen molar-refractivity contribution in [2.75, 3.05) is 0 Å². The molecule has 0 bridgehead atoms. The molecule has 8 heteroatoms. The number of rotatable bonds is 5. The van der Waals surface area contributed by atoms with Gasteiger partial charge in [-0.1, -0.05) is 12.1 Å². The normalized spacial score (nSPS) is 12.6. The highest BCUT2D eigenvalue weighted by Gasteiger charge is 2.14. The number of aromatic nitrogens is 3. The van der Waals surface area contributed by atoms with Crippen LogP contribution in [0.5, 0.6) is 0 Å². The van der Waals surface area contributed by atoms with Gasteiger partial charge >= 0.3 is 5.88 Å². The molecule has 0 fully saturated rings. The van der Waals surface area contributed by atoms with Gasteiger partial charge in [0.05, 0.1) is 17.6 Å².